The molecule has 72 heavy (non-hydrogen) atoms. The zero-order valence-electron chi connectivity index (χ0n) is 39.0. The largest absolute Gasteiger partial charge is 0.481 e. The van der Waals surface area contributed by atoms with Gasteiger partial charge in [-0.05, 0) is 74.1 Å². The molecular formula is C48H55FN8O14S. The molecule has 1 aromatic heterocycles. The molecule has 12 N–H and O–H groups in total. The van der Waals surface area contributed by atoms with Gasteiger partial charge in [-0.3, -0.25) is 43.2 Å². The minimum absolute atomic E-state index is 0.124. The Labute approximate surface area is 412 Å². The highest BCUT2D eigenvalue weighted by atomic mass is 32.2. The summed E-state index contributed by atoms with van der Waals surface area (Å²) in [6, 6.07) is 2.24. The van der Waals surface area contributed by atoms with Gasteiger partial charge in [0.05, 0.1) is 17.9 Å². The molecule has 6 amide bonds. The van der Waals surface area contributed by atoms with E-state index in [9.17, 15) is 71.3 Å². The van der Waals surface area contributed by atoms with E-state index in [0.717, 1.165) is 12.2 Å². The molecule has 5 unspecified atom stereocenters. The summed E-state index contributed by atoms with van der Waals surface area (Å²) in [7, 11) is -4.63. The molecule has 384 valence electrons. The summed E-state index contributed by atoms with van der Waals surface area (Å²) in [6.07, 6.45) is 8.95. The molecule has 0 aliphatic heterocycles. The van der Waals surface area contributed by atoms with E-state index in [2.05, 4.69) is 38.1 Å². The van der Waals surface area contributed by atoms with E-state index in [1.807, 2.05) is 10.6 Å². The van der Waals surface area contributed by atoms with Crippen molar-refractivity contribution < 1.29 is 71.3 Å². The number of hydrogen-bond acceptors (Lipinski definition) is 11. The van der Waals surface area contributed by atoms with Gasteiger partial charge in [-0.2, -0.15) is 4.72 Å². The number of terminal acetylenes is 1. The van der Waals surface area contributed by atoms with Gasteiger partial charge in [0.25, 0.3) is 0 Å². The second-order valence-electron chi connectivity index (χ2n) is 16.0. The normalized spacial score (nSPS) is 13.9. The van der Waals surface area contributed by atoms with Crippen LogP contribution in [0.3, 0.4) is 0 Å². The molecule has 24 heteroatoms. The van der Waals surface area contributed by atoms with Crippen molar-refractivity contribution in [2.75, 3.05) is 6.54 Å². The van der Waals surface area contributed by atoms with Crippen LogP contribution in [0.2, 0.25) is 0 Å². The highest BCUT2D eigenvalue weighted by Gasteiger charge is 2.33. The van der Waals surface area contributed by atoms with Gasteiger partial charge in [-0.1, -0.05) is 60.6 Å². The first-order chi connectivity index (χ1) is 34.0. The number of rotatable bonds is 29. The van der Waals surface area contributed by atoms with Crippen molar-refractivity contribution in [3.05, 3.63) is 102 Å². The van der Waals surface area contributed by atoms with Crippen molar-refractivity contribution in [1.82, 2.24) is 36.3 Å². The van der Waals surface area contributed by atoms with Crippen molar-refractivity contribution in [2.45, 2.75) is 93.9 Å². The first kappa shape index (κ1) is 57.9. The minimum Gasteiger partial charge on any atom is -0.481 e. The quantitative estimate of drug-likeness (QED) is 0.0345. The number of hydrogen-bond donors (Lipinski definition) is 11. The maximum absolute atomic E-state index is 14.5. The molecule has 3 aromatic rings. The van der Waals surface area contributed by atoms with E-state index in [-0.39, 0.29) is 16.9 Å². The summed E-state index contributed by atoms with van der Waals surface area (Å²) in [6.45, 7) is 5.76. The topological polar surface area (TPSA) is 362 Å². The molecule has 5 atom stereocenters. The van der Waals surface area contributed by atoms with Crippen LogP contribution >= 0.6 is 0 Å². The summed E-state index contributed by atoms with van der Waals surface area (Å²) in [5, 5.41) is 40.4. The SMILES string of the molecule is C#CC=C(F)C=C(C)CC(NC(=O)CNC(=O)C(CCC(=O)O)NC(=O)C(CC(=O)O)NS(=O)(=O)c1ccc(C=C)c(C=CC)c1)C(=O)NC(Cc1c[nH]c2ccccc12)C(=O)NC(CCC(=O)O)C(N)=O. The summed E-state index contributed by atoms with van der Waals surface area (Å²) in [5.74, 6) is -10.0. The predicted molar refractivity (Wildman–Crippen MR) is 260 cm³/mol. The number of sulfonamides is 1. The Morgan fingerprint density at radius 1 is 0.806 bits per heavy atom. The fourth-order valence-electron chi connectivity index (χ4n) is 6.97. The average molecular weight is 1020 g/mol. The zero-order chi connectivity index (χ0) is 53.7. The molecule has 3 rings (SSSR count). The number of para-hydroxylation sites is 1. The maximum Gasteiger partial charge on any atom is 0.305 e. The first-order valence-electron chi connectivity index (χ1n) is 21.9. The third-order valence-corrected chi connectivity index (χ3v) is 11.9. The Bertz CT molecular complexity index is 2810. The lowest BCUT2D eigenvalue weighted by Crippen LogP contribution is -2.58. The molecule has 22 nitrogen and oxygen atoms in total. The number of fused-ring (bicyclic) bond motifs is 1. The third-order valence-electron chi connectivity index (χ3n) is 10.5. The number of nitrogens with two attached hydrogens (primary N) is 1. The molecule has 0 fully saturated rings. The van der Waals surface area contributed by atoms with E-state index < -0.39 is 144 Å². The van der Waals surface area contributed by atoms with Crippen molar-refractivity contribution in [3.63, 3.8) is 0 Å². The molecule has 1 heterocycles. The second-order valence-corrected chi connectivity index (χ2v) is 17.7. The smallest absolute Gasteiger partial charge is 0.305 e. The van der Waals surface area contributed by atoms with Crippen LogP contribution in [-0.4, -0.2) is 119 Å². The summed E-state index contributed by atoms with van der Waals surface area (Å²) in [5.41, 5.74) is 7.71. The lowest BCUT2D eigenvalue weighted by molar-refractivity contribution is -0.140. The Kier molecular flexibility index (Phi) is 22.3. The average Bonchev–Trinajstić information content (AvgIpc) is 3.72. The van der Waals surface area contributed by atoms with E-state index >= 15 is 0 Å². The highest BCUT2D eigenvalue weighted by molar-refractivity contribution is 7.89. The molecule has 2 aromatic carbocycles. The number of halogens is 1. The van der Waals surface area contributed by atoms with Crippen molar-refractivity contribution in [3.8, 4) is 12.3 Å². The van der Waals surface area contributed by atoms with E-state index in [4.69, 9.17) is 12.2 Å². The molecule has 0 saturated heterocycles. The number of amides is 6. The van der Waals surface area contributed by atoms with Gasteiger partial charge >= 0.3 is 17.9 Å². The molecule has 0 aliphatic rings. The summed E-state index contributed by atoms with van der Waals surface area (Å²) < 4.78 is 43.4. The number of aliphatic carboxylic acids is 3. The molecule has 0 aliphatic carbocycles. The standard InChI is InChI=1S/C48H55FN8O14S/c1-5-10-29-22-32(15-14-28(29)7-3)72(70,71)57-39(24-43(63)64)48(69)55-36(17-19-42(61)62)45(66)52-26-40(58)53-37(21-27(4)20-31(49)11-6-2)46(67)56-38(23-30-25-51-34-13-9-8-12-33(30)34)47(68)54-35(44(50)65)16-18-41(59)60/h2,5,7-15,20,22,25,35-39,51,57H,3,16-19,21,23-24,26H2,1,4H3,(H2,50,65)(H,52,66)(H,53,58)(H,54,68)(H,55,69)(H,56,67)(H,59,60)(H,61,62)(H,63,64). The van der Waals surface area contributed by atoms with Gasteiger partial charge in [0.2, 0.25) is 45.5 Å². The van der Waals surface area contributed by atoms with Crippen LogP contribution in [0.1, 0.15) is 69.1 Å². The second kappa shape index (κ2) is 27.7. The summed E-state index contributed by atoms with van der Waals surface area (Å²) in [4.78, 5) is 118. The number of aromatic nitrogens is 1. The van der Waals surface area contributed by atoms with Gasteiger partial charge < -0.3 is 52.6 Å². The predicted octanol–water partition coefficient (Wildman–Crippen LogP) is 1.30. The van der Waals surface area contributed by atoms with Gasteiger partial charge in [0, 0.05) is 42.4 Å². The van der Waals surface area contributed by atoms with Crippen molar-refractivity contribution in [2.24, 2.45) is 5.73 Å². The van der Waals surface area contributed by atoms with E-state index in [1.54, 1.807) is 49.5 Å². The van der Waals surface area contributed by atoms with Crippen molar-refractivity contribution >= 4 is 86.4 Å². The number of benzene rings is 2. The molecule has 0 saturated carbocycles. The third kappa shape index (κ3) is 18.5. The monoisotopic (exact) mass is 1020 g/mol. The van der Waals surface area contributed by atoms with Crippen LogP contribution in [0, 0.1) is 12.3 Å². The van der Waals surface area contributed by atoms with Gasteiger partial charge in [-0.25, -0.2) is 12.8 Å². The number of aromatic amines is 1. The van der Waals surface area contributed by atoms with E-state index in [1.165, 1.54) is 31.2 Å². The van der Waals surface area contributed by atoms with Gasteiger partial charge in [0.15, 0.2) is 0 Å². The Morgan fingerprint density at radius 2 is 1.42 bits per heavy atom. The van der Waals surface area contributed by atoms with Crippen LogP contribution in [0.25, 0.3) is 23.1 Å². The Hall–Kier alpha value is -8.43. The van der Waals surface area contributed by atoms with Gasteiger partial charge in [0.1, 0.15) is 36.0 Å². The van der Waals surface area contributed by atoms with Crippen LogP contribution < -0.4 is 37.0 Å². The van der Waals surface area contributed by atoms with Crippen LogP contribution in [-0.2, 0) is 59.6 Å². The number of primary amides is 1. The van der Waals surface area contributed by atoms with E-state index in [0.29, 0.717) is 27.6 Å². The lowest BCUT2D eigenvalue weighted by atomic mass is 10.0. The first-order valence-corrected chi connectivity index (χ1v) is 23.3. The Morgan fingerprint density at radius 3 is 2.03 bits per heavy atom. The molecule has 0 spiro atoms. The zero-order valence-corrected chi connectivity index (χ0v) is 39.8. The number of H-pyrrole nitrogens is 1. The highest BCUT2D eigenvalue weighted by Crippen LogP contribution is 2.21. The lowest BCUT2D eigenvalue weighted by Gasteiger charge is -2.25. The molecular weight excluding hydrogens is 964 g/mol. The van der Waals surface area contributed by atoms with Crippen LogP contribution in [0.15, 0.2) is 89.8 Å². The summed E-state index contributed by atoms with van der Waals surface area (Å²) >= 11 is 0. The molecule has 0 radical (unpaired) electrons. The number of allylic oxidation sites excluding steroid dienone is 4. The fourth-order valence-corrected chi connectivity index (χ4v) is 8.20. The number of carboxylic acids is 3. The van der Waals surface area contributed by atoms with Crippen LogP contribution in [0.4, 0.5) is 4.39 Å². The number of nitrogens with one attached hydrogen (secondary N) is 7. The Balaban J connectivity index is 1.91. The number of carbonyl (C=O) groups is 9. The van der Waals surface area contributed by atoms with Gasteiger partial charge in [-0.15, -0.1) is 6.42 Å². The fraction of sp³-hybridized carbons (Fsp3) is 0.312. The van der Waals surface area contributed by atoms with Crippen molar-refractivity contribution in [1.29, 1.82) is 0 Å². The number of carbonyl (C=O) groups excluding carboxylic acids is 6. The minimum atomic E-state index is -4.63. The van der Waals surface area contributed by atoms with Crippen LogP contribution in [0.5, 0.6) is 0 Å². The molecule has 0 bridgehead atoms. The maximum atomic E-state index is 14.5. The number of carboxylic acid groups (broad SMARTS) is 3.